The van der Waals surface area contributed by atoms with Crippen LogP contribution in [-0.2, 0) is 4.79 Å². The van der Waals surface area contributed by atoms with E-state index < -0.39 is 0 Å². The standard InChI is InChI=1S/C15H22N2O3/c1-19-13-4-6-14(7-5-13)20-10-8-15(18)17-12-3-2-9-16-11-12/h4-7,12,16H,2-3,8-11H2,1H3,(H,17,18). The SMILES string of the molecule is COc1ccc(OCCC(=O)NC2CCCNC2)cc1. The molecule has 1 aliphatic rings. The van der Waals surface area contributed by atoms with Crippen molar-refractivity contribution in [2.45, 2.75) is 25.3 Å². The first kappa shape index (κ1) is 14.7. The maximum atomic E-state index is 11.8. The zero-order chi connectivity index (χ0) is 14.2. The van der Waals surface area contributed by atoms with Crippen molar-refractivity contribution in [2.75, 3.05) is 26.8 Å². The van der Waals surface area contributed by atoms with Gasteiger partial charge in [-0.05, 0) is 43.7 Å². The molecule has 1 unspecified atom stereocenters. The summed E-state index contributed by atoms with van der Waals surface area (Å²) in [6.07, 6.45) is 2.55. The Kier molecular flexibility index (Phi) is 5.68. The molecule has 1 atom stereocenters. The summed E-state index contributed by atoms with van der Waals surface area (Å²) in [5, 5.41) is 6.30. The maximum Gasteiger partial charge on any atom is 0.223 e. The molecule has 20 heavy (non-hydrogen) atoms. The fraction of sp³-hybridized carbons (Fsp3) is 0.533. The number of hydrogen-bond donors (Lipinski definition) is 2. The molecule has 0 aromatic heterocycles. The van der Waals surface area contributed by atoms with Gasteiger partial charge >= 0.3 is 0 Å². The summed E-state index contributed by atoms with van der Waals surface area (Å²) >= 11 is 0. The van der Waals surface area contributed by atoms with Gasteiger partial charge in [-0.2, -0.15) is 0 Å². The third-order valence-corrected chi connectivity index (χ3v) is 3.32. The second-order valence-corrected chi connectivity index (χ2v) is 4.88. The fourth-order valence-corrected chi connectivity index (χ4v) is 2.21. The van der Waals surface area contributed by atoms with Crippen LogP contribution in [0.15, 0.2) is 24.3 Å². The van der Waals surface area contributed by atoms with Gasteiger partial charge in [0.1, 0.15) is 11.5 Å². The van der Waals surface area contributed by atoms with Crippen molar-refractivity contribution in [1.29, 1.82) is 0 Å². The number of ether oxygens (including phenoxy) is 2. The average Bonchev–Trinajstić information content (AvgIpc) is 2.49. The molecule has 0 bridgehead atoms. The molecule has 1 saturated heterocycles. The highest BCUT2D eigenvalue weighted by Crippen LogP contribution is 2.17. The van der Waals surface area contributed by atoms with Crippen molar-refractivity contribution < 1.29 is 14.3 Å². The van der Waals surface area contributed by atoms with Crippen molar-refractivity contribution in [2.24, 2.45) is 0 Å². The van der Waals surface area contributed by atoms with E-state index >= 15 is 0 Å². The number of rotatable bonds is 6. The number of carbonyl (C=O) groups excluding carboxylic acids is 1. The van der Waals surface area contributed by atoms with E-state index in [1.165, 1.54) is 0 Å². The number of carbonyl (C=O) groups is 1. The third kappa shape index (κ3) is 4.74. The highest BCUT2D eigenvalue weighted by molar-refractivity contribution is 5.76. The zero-order valence-electron chi connectivity index (χ0n) is 11.9. The quantitative estimate of drug-likeness (QED) is 0.824. The Labute approximate surface area is 119 Å². The lowest BCUT2D eigenvalue weighted by molar-refractivity contribution is -0.122. The van der Waals surface area contributed by atoms with E-state index in [4.69, 9.17) is 9.47 Å². The van der Waals surface area contributed by atoms with Crippen LogP contribution in [-0.4, -0.2) is 38.8 Å². The second kappa shape index (κ2) is 7.75. The molecule has 1 heterocycles. The number of methoxy groups -OCH3 is 1. The van der Waals surface area contributed by atoms with Crippen LogP contribution in [0.3, 0.4) is 0 Å². The van der Waals surface area contributed by atoms with Crippen LogP contribution in [0.25, 0.3) is 0 Å². The second-order valence-electron chi connectivity index (χ2n) is 4.88. The molecule has 2 rings (SSSR count). The van der Waals surface area contributed by atoms with Crippen LogP contribution in [0, 0.1) is 0 Å². The van der Waals surface area contributed by atoms with Crippen molar-refractivity contribution in [3.8, 4) is 11.5 Å². The molecular formula is C15H22N2O3. The van der Waals surface area contributed by atoms with E-state index in [-0.39, 0.29) is 11.9 Å². The Morgan fingerprint density at radius 3 is 2.75 bits per heavy atom. The van der Waals surface area contributed by atoms with Crippen molar-refractivity contribution in [1.82, 2.24) is 10.6 Å². The van der Waals surface area contributed by atoms with E-state index in [1.807, 2.05) is 24.3 Å². The summed E-state index contributed by atoms with van der Waals surface area (Å²) in [4.78, 5) is 11.8. The molecule has 2 N–H and O–H groups in total. The monoisotopic (exact) mass is 278 g/mol. The smallest absolute Gasteiger partial charge is 0.223 e. The molecule has 0 spiro atoms. The summed E-state index contributed by atoms with van der Waals surface area (Å²) in [6, 6.07) is 7.60. The lowest BCUT2D eigenvalue weighted by atomic mass is 10.1. The number of nitrogens with one attached hydrogen (secondary N) is 2. The summed E-state index contributed by atoms with van der Waals surface area (Å²) in [5.41, 5.74) is 0. The van der Waals surface area contributed by atoms with Crippen LogP contribution >= 0.6 is 0 Å². The number of benzene rings is 1. The fourth-order valence-electron chi connectivity index (χ4n) is 2.21. The summed E-state index contributed by atoms with van der Waals surface area (Å²) in [7, 11) is 1.63. The minimum Gasteiger partial charge on any atom is -0.497 e. The highest BCUT2D eigenvalue weighted by atomic mass is 16.5. The van der Waals surface area contributed by atoms with Gasteiger partial charge in [-0.15, -0.1) is 0 Å². The Morgan fingerprint density at radius 1 is 1.35 bits per heavy atom. The predicted molar refractivity (Wildman–Crippen MR) is 77.1 cm³/mol. The van der Waals surface area contributed by atoms with E-state index in [0.29, 0.717) is 13.0 Å². The molecule has 0 aliphatic carbocycles. The topological polar surface area (TPSA) is 59.6 Å². The minimum atomic E-state index is 0.0483. The van der Waals surface area contributed by atoms with Gasteiger partial charge in [-0.3, -0.25) is 4.79 Å². The Morgan fingerprint density at radius 2 is 2.10 bits per heavy atom. The van der Waals surface area contributed by atoms with Crippen LogP contribution in [0.1, 0.15) is 19.3 Å². The van der Waals surface area contributed by atoms with Crippen LogP contribution in [0.5, 0.6) is 11.5 Å². The van der Waals surface area contributed by atoms with E-state index in [9.17, 15) is 4.79 Å². The first-order valence-electron chi connectivity index (χ1n) is 7.05. The molecule has 1 fully saturated rings. The third-order valence-electron chi connectivity index (χ3n) is 3.32. The van der Waals surface area contributed by atoms with Crippen molar-refractivity contribution in [3.05, 3.63) is 24.3 Å². The van der Waals surface area contributed by atoms with Crippen molar-refractivity contribution in [3.63, 3.8) is 0 Å². The molecule has 5 nitrogen and oxygen atoms in total. The molecule has 110 valence electrons. The molecule has 0 saturated carbocycles. The van der Waals surface area contributed by atoms with Crippen LogP contribution in [0.4, 0.5) is 0 Å². The molecule has 1 aromatic carbocycles. The molecule has 5 heteroatoms. The lowest BCUT2D eigenvalue weighted by Gasteiger charge is -2.23. The molecule has 1 aliphatic heterocycles. The van der Waals surface area contributed by atoms with Crippen LogP contribution < -0.4 is 20.1 Å². The van der Waals surface area contributed by atoms with Gasteiger partial charge in [0.25, 0.3) is 0 Å². The molecule has 1 aromatic rings. The zero-order valence-corrected chi connectivity index (χ0v) is 11.9. The van der Waals surface area contributed by atoms with E-state index in [1.54, 1.807) is 7.11 Å². The lowest BCUT2D eigenvalue weighted by Crippen LogP contribution is -2.45. The van der Waals surface area contributed by atoms with Gasteiger partial charge in [0, 0.05) is 12.6 Å². The summed E-state index contributed by atoms with van der Waals surface area (Å²) in [6.45, 7) is 2.30. The highest BCUT2D eigenvalue weighted by Gasteiger charge is 2.14. The number of amides is 1. The maximum absolute atomic E-state index is 11.8. The van der Waals surface area contributed by atoms with Gasteiger partial charge in [-0.25, -0.2) is 0 Å². The number of hydrogen-bond acceptors (Lipinski definition) is 4. The van der Waals surface area contributed by atoms with E-state index in [2.05, 4.69) is 10.6 Å². The molecule has 1 amide bonds. The number of piperidine rings is 1. The van der Waals surface area contributed by atoms with Gasteiger partial charge < -0.3 is 20.1 Å². The first-order chi connectivity index (χ1) is 9.78. The molecule has 0 radical (unpaired) electrons. The Balaban J connectivity index is 1.65. The van der Waals surface area contributed by atoms with Gasteiger partial charge in [-0.1, -0.05) is 0 Å². The van der Waals surface area contributed by atoms with Gasteiger partial charge in [0.15, 0.2) is 0 Å². The molecular weight excluding hydrogens is 256 g/mol. The Bertz CT molecular complexity index is 414. The largest absolute Gasteiger partial charge is 0.497 e. The minimum absolute atomic E-state index is 0.0483. The normalized spacial score (nSPS) is 18.4. The first-order valence-corrected chi connectivity index (χ1v) is 7.05. The predicted octanol–water partition coefficient (Wildman–Crippen LogP) is 1.33. The van der Waals surface area contributed by atoms with E-state index in [0.717, 1.165) is 37.4 Å². The van der Waals surface area contributed by atoms with Gasteiger partial charge in [0.2, 0.25) is 5.91 Å². The summed E-state index contributed by atoms with van der Waals surface area (Å²) < 4.78 is 10.6. The Hall–Kier alpha value is -1.75. The average molecular weight is 278 g/mol. The summed E-state index contributed by atoms with van der Waals surface area (Å²) in [5.74, 6) is 1.59. The van der Waals surface area contributed by atoms with Gasteiger partial charge in [0.05, 0.1) is 20.1 Å². The van der Waals surface area contributed by atoms with Crippen molar-refractivity contribution >= 4 is 5.91 Å². The van der Waals surface area contributed by atoms with Crippen LogP contribution in [0.2, 0.25) is 0 Å².